The highest BCUT2D eigenvalue weighted by molar-refractivity contribution is 7.81. The summed E-state index contributed by atoms with van der Waals surface area (Å²) in [6.07, 6.45) is 0.292. The minimum Gasteiger partial charge on any atom is -0.441 e. The summed E-state index contributed by atoms with van der Waals surface area (Å²) in [5.74, 6) is 0.247. The van der Waals surface area contributed by atoms with Gasteiger partial charge in [0.2, 0.25) is 5.78 Å². The molecule has 0 atom stereocenters. The molecule has 2 rings (SSSR count). The molecule has 1 aromatic heterocycles. The second kappa shape index (κ2) is 2.16. The molecule has 0 aliphatic heterocycles. The molecule has 0 fully saturated rings. The van der Waals surface area contributed by atoms with E-state index < -0.39 is 0 Å². The zero-order valence-electron chi connectivity index (χ0n) is 5.39. The number of carbonyl (C=O) groups is 1. The molecular formula is C7H3ClO2S. The van der Waals surface area contributed by atoms with E-state index in [2.05, 4.69) is 0 Å². The Bertz CT molecular complexity index is 322. The van der Waals surface area contributed by atoms with Gasteiger partial charge in [-0.2, -0.15) is 0 Å². The smallest absolute Gasteiger partial charge is 0.203 e. The van der Waals surface area contributed by atoms with Crippen molar-refractivity contribution in [1.82, 2.24) is 0 Å². The topological polar surface area (TPSA) is 30.2 Å². The fraction of sp³-hybridized carbons (Fsp3) is 0.143. The van der Waals surface area contributed by atoms with E-state index in [1.807, 2.05) is 0 Å². The second-order valence-electron chi connectivity index (χ2n) is 2.32. The number of carbonyl (C=O) groups excluding carboxylic acids is 1. The van der Waals surface area contributed by atoms with Gasteiger partial charge in [-0.15, -0.1) is 0 Å². The Kier molecular flexibility index (Phi) is 1.37. The maximum Gasteiger partial charge on any atom is 0.203 e. The molecule has 0 amide bonds. The zero-order valence-corrected chi connectivity index (χ0v) is 6.96. The number of fused-ring (bicyclic) bond motifs is 1. The van der Waals surface area contributed by atoms with Gasteiger partial charge in [0, 0.05) is 16.5 Å². The number of halogens is 1. The number of ketones is 1. The van der Waals surface area contributed by atoms with Crippen LogP contribution in [0.3, 0.4) is 0 Å². The van der Waals surface area contributed by atoms with E-state index in [0.29, 0.717) is 22.6 Å². The summed E-state index contributed by atoms with van der Waals surface area (Å²) >= 11 is 10.5. The third-order valence-electron chi connectivity index (χ3n) is 1.58. The fourth-order valence-corrected chi connectivity index (χ4v) is 1.57. The second-order valence-corrected chi connectivity index (χ2v) is 3.18. The van der Waals surface area contributed by atoms with E-state index >= 15 is 0 Å². The van der Waals surface area contributed by atoms with Gasteiger partial charge in [-0.3, -0.25) is 4.79 Å². The molecule has 1 aromatic rings. The first kappa shape index (κ1) is 7.00. The van der Waals surface area contributed by atoms with Crippen LogP contribution in [0.2, 0.25) is 5.22 Å². The molecular weight excluding hydrogens is 184 g/mol. The predicted octanol–water partition coefficient (Wildman–Crippen LogP) is 2.24. The molecule has 2 nitrogen and oxygen atoms in total. The van der Waals surface area contributed by atoms with Crippen molar-refractivity contribution >= 4 is 34.5 Å². The van der Waals surface area contributed by atoms with Gasteiger partial charge >= 0.3 is 0 Å². The van der Waals surface area contributed by atoms with Crippen molar-refractivity contribution in [2.24, 2.45) is 0 Å². The summed E-state index contributed by atoms with van der Waals surface area (Å²) in [7, 11) is 0. The SMILES string of the molecule is O=C1CC(=S)c2cc(Cl)oc21. The molecule has 56 valence electrons. The molecule has 0 unspecified atom stereocenters. The fourth-order valence-electron chi connectivity index (χ4n) is 1.10. The van der Waals surface area contributed by atoms with Gasteiger partial charge in [-0.25, -0.2) is 0 Å². The molecule has 0 saturated carbocycles. The third kappa shape index (κ3) is 0.921. The summed E-state index contributed by atoms with van der Waals surface area (Å²) in [5.41, 5.74) is 0.690. The number of hydrogen-bond acceptors (Lipinski definition) is 3. The van der Waals surface area contributed by atoms with Crippen LogP contribution in [0.1, 0.15) is 22.5 Å². The Balaban J connectivity index is 2.67. The highest BCUT2D eigenvalue weighted by Crippen LogP contribution is 2.28. The van der Waals surface area contributed by atoms with Crippen LogP contribution >= 0.6 is 23.8 Å². The monoisotopic (exact) mass is 186 g/mol. The van der Waals surface area contributed by atoms with E-state index in [0.717, 1.165) is 0 Å². The van der Waals surface area contributed by atoms with Crippen molar-refractivity contribution in [1.29, 1.82) is 0 Å². The normalized spacial score (nSPS) is 15.7. The number of thiocarbonyl (C=S) groups is 1. The summed E-state index contributed by atoms with van der Waals surface area (Å²) in [5, 5.41) is 0.227. The number of rotatable bonds is 0. The first-order chi connectivity index (χ1) is 5.18. The molecule has 1 heterocycles. The summed E-state index contributed by atoms with van der Waals surface area (Å²) in [6, 6.07) is 1.59. The lowest BCUT2D eigenvalue weighted by Gasteiger charge is -1.83. The quantitative estimate of drug-likeness (QED) is 0.582. The first-order valence-corrected chi connectivity index (χ1v) is 3.83. The van der Waals surface area contributed by atoms with Crippen molar-refractivity contribution in [3.8, 4) is 0 Å². The van der Waals surface area contributed by atoms with Crippen molar-refractivity contribution in [3.63, 3.8) is 0 Å². The minimum atomic E-state index is -0.0723. The first-order valence-electron chi connectivity index (χ1n) is 3.04. The molecule has 1 aliphatic rings. The predicted molar refractivity (Wildman–Crippen MR) is 44.4 cm³/mol. The van der Waals surface area contributed by atoms with Gasteiger partial charge in [0.1, 0.15) is 0 Å². The van der Waals surface area contributed by atoms with Crippen LogP contribution in [0, 0.1) is 0 Å². The van der Waals surface area contributed by atoms with Gasteiger partial charge in [0.15, 0.2) is 11.0 Å². The minimum absolute atomic E-state index is 0.0723. The number of hydrogen-bond donors (Lipinski definition) is 0. The molecule has 1 aliphatic carbocycles. The lowest BCUT2D eigenvalue weighted by molar-refractivity contribution is 0.0981. The van der Waals surface area contributed by atoms with Crippen LogP contribution in [-0.4, -0.2) is 10.6 Å². The van der Waals surface area contributed by atoms with Crippen LogP contribution in [-0.2, 0) is 0 Å². The molecule has 0 radical (unpaired) electrons. The van der Waals surface area contributed by atoms with E-state index in [9.17, 15) is 4.79 Å². The Hall–Kier alpha value is -0.670. The highest BCUT2D eigenvalue weighted by atomic mass is 35.5. The Morgan fingerprint density at radius 3 is 3.00 bits per heavy atom. The van der Waals surface area contributed by atoms with Gasteiger partial charge in [-0.1, -0.05) is 12.2 Å². The Labute approximate surface area is 73.1 Å². The van der Waals surface area contributed by atoms with Crippen molar-refractivity contribution in [2.45, 2.75) is 6.42 Å². The Morgan fingerprint density at radius 1 is 1.64 bits per heavy atom. The standard InChI is InChI=1S/C7H3ClO2S/c8-6-1-3-5(11)2-4(9)7(3)10-6/h1H,2H2. The third-order valence-corrected chi connectivity index (χ3v) is 2.13. The van der Waals surface area contributed by atoms with Crippen LogP contribution < -0.4 is 0 Å². The summed E-state index contributed by atoms with van der Waals surface area (Å²) in [6.45, 7) is 0. The zero-order chi connectivity index (χ0) is 8.01. The molecule has 0 saturated heterocycles. The number of furan rings is 1. The molecule has 0 spiro atoms. The number of Topliss-reactive ketones (excluding diaryl/α,β-unsaturated/α-hetero) is 1. The molecule has 11 heavy (non-hydrogen) atoms. The average molecular weight is 187 g/mol. The highest BCUT2D eigenvalue weighted by Gasteiger charge is 2.28. The van der Waals surface area contributed by atoms with Gasteiger partial charge in [0.05, 0.1) is 6.42 Å². The van der Waals surface area contributed by atoms with Crippen LogP contribution in [0.25, 0.3) is 0 Å². The van der Waals surface area contributed by atoms with Crippen molar-refractivity contribution in [2.75, 3.05) is 0 Å². The van der Waals surface area contributed by atoms with Crippen LogP contribution in [0.15, 0.2) is 10.5 Å². The van der Waals surface area contributed by atoms with E-state index in [1.54, 1.807) is 6.07 Å². The van der Waals surface area contributed by atoms with Crippen LogP contribution in [0.5, 0.6) is 0 Å². The maximum atomic E-state index is 11.0. The van der Waals surface area contributed by atoms with E-state index in [-0.39, 0.29) is 11.0 Å². The average Bonchev–Trinajstić information content (AvgIpc) is 2.38. The van der Waals surface area contributed by atoms with E-state index in [4.69, 9.17) is 28.2 Å². The van der Waals surface area contributed by atoms with Gasteiger partial charge in [0.25, 0.3) is 0 Å². The molecule has 0 bridgehead atoms. The maximum absolute atomic E-state index is 11.0. The van der Waals surface area contributed by atoms with Crippen LogP contribution in [0.4, 0.5) is 0 Å². The molecule has 4 heteroatoms. The van der Waals surface area contributed by atoms with E-state index in [1.165, 1.54) is 0 Å². The van der Waals surface area contributed by atoms with Gasteiger partial charge < -0.3 is 4.42 Å². The van der Waals surface area contributed by atoms with Crippen molar-refractivity contribution < 1.29 is 9.21 Å². The van der Waals surface area contributed by atoms with Gasteiger partial charge in [-0.05, 0) is 11.6 Å². The lowest BCUT2D eigenvalue weighted by atomic mass is 10.3. The van der Waals surface area contributed by atoms with Crippen molar-refractivity contribution in [3.05, 3.63) is 22.6 Å². The lowest BCUT2D eigenvalue weighted by Crippen LogP contribution is -1.90. The Morgan fingerprint density at radius 2 is 2.36 bits per heavy atom. The molecule has 0 aromatic carbocycles. The largest absolute Gasteiger partial charge is 0.441 e. The summed E-state index contributed by atoms with van der Waals surface area (Å²) in [4.78, 5) is 11.7. The molecule has 0 N–H and O–H groups in total. The summed E-state index contributed by atoms with van der Waals surface area (Å²) < 4.78 is 4.94.